The van der Waals surface area contributed by atoms with Gasteiger partial charge in [-0.1, -0.05) is 25.0 Å². The minimum absolute atomic E-state index is 0.0253. The maximum absolute atomic E-state index is 13.4. The summed E-state index contributed by atoms with van der Waals surface area (Å²) >= 11 is 0. The highest BCUT2D eigenvalue weighted by molar-refractivity contribution is 6.04. The zero-order valence-electron chi connectivity index (χ0n) is 19.1. The van der Waals surface area contributed by atoms with Crippen LogP contribution in [0.5, 0.6) is 11.5 Å². The van der Waals surface area contributed by atoms with Crippen molar-refractivity contribution in [1.82, 2.24) is 9.80 Å². The van der Waals surface area contributed by atoms with Gasteiger partial charge in [-0.25, -0.2) is 4.99 Å². The Hall–Kier alpha value is -3.03. The van der Waals surface area contributed by atoms with Gasteiger partial charge in [0.05, 0.1) is 11.1 Å². The fourth-order valence-corrected chi connectivity index (χ4v) is 5.24. The molecular formula is C26H28F3N3O2. The molecule has 0 bridgehead atoms. The Morgan fingerprint density at radius 3 is 2.59 bits per heavy atom. The zero-order chi connectivity index (χ0) is 23.9. The summed E-state index contributed by atoms with van der Waals surface area (Å²) in [6.07, 6.45) is 0.819. The molecule has 1 atom stereocenters. The average molecular weight is 472 g/mol. The number of carbonyl (C=O) groups is 1. The second kappa shape index (κ2) is 8.96. The van der Waals surface area contributed by atoms with Crippen molar-refractivity contribution in [3.8, 4) is 11.5 Å². The summed E-state index contributed by atoms with van der Waals surface area (Å²) in [6, 6.07) is 10.7. The number of fused-ring (bicyclic) bond motifs is 2. The number of carbonyl (C=O) groups excluding carboxylic acids is 1. The highest BCUT2D eigenvalue weighted by Crippen LogP contribution is 2.42. The Balaban J connectivity index is 1.43. The van der Waals surface area contributed by atoms with E-state index in [2.05, 4.69) is 9.89 Å². The van der Waals surface area contributed by atoms with Crippen LogP contribution in [0.4, 0.5) is 18.9 Å². The molecule has 0 radical (unpaired) electrons. The van der Waals surface area contributed by atoms with E-state index in [0.717, 1.165) is 30.5 Å². The van der Waals surface area contributed by atoms with Crippen LogP contribution in [0.25, 0.3) is 0 Å². The predicted octanol–water partition coefficient (Wildman–Crippen LogP) is 6.00. The molecule has 0 spiro atoms. The van der Waals surface area contributed by atoms with E-state index < -0.39 is 11.7 Å². The molecule has 1 amide bonds. The van der Waals surface area contributed by atoms with Crippen molar-refractivity contribution in [1.29, 1.82) is 0 Å². The van der Waals surface area contributed by atoms with E-state index in [1.54, 1.807) is 6.07 Å². The van der Waals surface area contributed by atoms with E-state index in [9.17, 15) is 18.0 Å². The average Bonchev–Trinajstić information content (AvgIpc) is 3.24. The fourth-order valence-electron chi connectivity index (χ4n) is 5.24. The standard InChI is InChI=1S/C26H28F3N3O2/c1-17-16-31(12-13-32(17)24(33)14-18-6-2-3-7-18)25-20-8-4-5-9-22(20)34-23-11-10-19(26(27,28)29)15-21(23)30-25/h4-5,8-11,15,17-18H,2-3,6-7,12-14,16H2,1H3. The summed E-state index contributed by atoms with van der Waals surface area (Å²) in [5, 5.41) is 0. The van der Waals surface area contributed by atoms with Crippen molar-refractivity contribution in [3.63, 3.8) is 0 Å². The van der Waals surface area contributed by atoms with Crippen LogP contribution in [-0.4, -0.2) is 47.2 Å². The molecular weight excluding hydrogens is 443 g/mol. The van der Waals surface area contributed by atoms with E-state index in [1.807, 2.05) is 30.0 Å². The molecule has 34 heavy (non-hydrogen) atoms. The topological polar surface area (TPSA) is 45.1 Å². The lowest BCUT2D eigenvalue weighted by Gasteiger charge is -2.41. The van der Waals surface area contributed by atoms with Gasteiger partial charge in [-0.05, 0) is 56.0 Å². The van der Waals surface area contributed by atoms with Gasteiger partial charge in [-0.3, -0.25) is 4.79 Å². The molecule has 2 fully saturated rings. The molecule has 2 aliphatic heterocycles. The molecule has 5 nitrogen and oxygen atoms in total. The zero-order valence-corrected chi connectivity index (χ0v) is 19.1. The third kappa shape index (κ3) is 4.50. The summed E-state index contributed by atoms with van der Waals surface area (Å²) in [4.78, 5) is 21.6. The van der Waals surface area contributed by atoms with Gasteiger partial charge in [0.25, 0.3) is 0 Å². The first-order valence-electron chi connectivity index (χ1n) is 11.9. The Labute approximate surface area is 197 Å². The third-order valence-electron chi connectivity index (χ3n) is 7.05. The number of alkyl halides is 3. The third-order valence-corrected chi connectivity index (χ3v) is 7.05. The number of hydrogen-bond donors (Lipinski definition) is 0. The SMILES string of the molecule is CC1CN(C2=Nc3cc(C(F)(F)F)ccc3Oc3ccccc32)CCN1C(=O)CC1CCCC1. The molecule has 1 saturated heterocycles. The van der Waals surface area contributed by atoms with Gasteiger partial charge in [-0.2, -0.15) is 13.2 Å². The quantitative estimate of drug-likeness (QED) is 0.540. The maximum Gasteiger partial charge on any atom is 0.416 e. The fraction of sp³-hybridized carbons (Fsp3) is 0.462. The number of rotatable bonds is 2. The van der Waals surface area contributed by atoms with E-state index in [-0.39, 0.29) is 23.4 Å². The van der Waals surface area contributed by atoms with Crippen LogP contribution in [0.1, 0.15) is 50.2 Å². The van der Waals surface area contributed by atoms with Crippen molar-refractivity contribution in [3.05, 3.63) is 53.6 Å². The second-order valence-corrected chi connectivity index (χ2v) is 9.45. The van der Waals surface area contributed by atoms with Crippen molar-refractivity contribution in [2.45, 2.75) is 51.2 Å². The van der Waals surface area contributed by atoms with Gasteiger partial charge in [0.2, 0.25) is 5.91 Å². The number of nitrogens with zero attached hydrogens (tertiary/aromatic N) is 3. The van der Waals surface area contributed by atoms with Crippen molar-refractivity contribution in [2.24, 2.45) is 10.9 Å². The molecule has 8 heteroatoms. The minimum atomic E-state index is -4.47. The highest BCUT2D eigenvalue weighted by Gasteiger charge is 2.34. The Bertz CT molecular complexity index is 1110. The minimum Gasteiger partial charge on any atom is -0.454 e. The lowest BCUT2D eigenvalue weighted by molar-refractivity contribution is -0.137. The number of amides is 1. The normalized spacial score (nSPS) is 20.8. The summed E-state index contributed by atoms with van der Waals surface area (Å²) in [5.74, 6) is 2.10. The molecule has 0 N–H and O–H groups in total. The molecule has 2 heterocycles. The first-order valence-corrected chi connectivity index (χ1v) is 11.9. The smallest absolute Gasteiger partial charge is 0.416 e. The molecule has 1 unspecified atom stereocenters. The number of hydrogen-bond acceptors (Lipinski definition) is 4. The number of benzene rings is 2. The molecule has 0 aromatic heterocycles. The molecule has 5 rings (SSSR count). The Morgan fingerprint density at radius 1 is 1.09 bits per heavy atom. The van der Waals surface area contributed by atoms with Crippen LogP contribution in [0.15, 0.2) is 47.5 Å². The number of aliphatic imine (C=N–C) groups is 1. The van der Waals surface area contributed by atoms with Gasteiger partial charge in [0.1, 0.15) is 17.3 Å². The highest BCUT2D eigenvalue weighted by atomic mass is 19.4. The molecule has 2 aromatic rings. The second-order valence-electron chi connectivity index (χ2n) is 9.45. The first-order chi connectivity index (χ1) is 16.3. The van der Waals surface area contributed by atoms with E-state index in [1.165, 1.54) is 18.9 Å². The lowest BCUT2D eigenvalue weighted by atomic mass is 10.0. The van der Waals surface area contributed by atoms with Crippen LogP contribution < -0.4 is 4.74 Å². The van der Waals surface area contributed by atoms with Crippen molar-refractivity contribution < 1.29 is 22.7 Å². The van der Waals surface area contributed by atoms with Gasteiger partial charge in [0, 0.05) is 32.1 Å². The van der Waals surface area contributed by atoms with Crippen LogP contribution >= 0.6 is 0 Å². The lowest BCUT2D eigenvalue weighted by Crippen LogP contribution is -2.55. The van der Waals surface area contributed by atoms with E-state index in [0.29, 0.717) is 43.6 Å². The number of halogens is 3. The number of para-hydroxylation sites is 1. The van der Waals surface area contributed by atoms with E-state index >= 15 is 0 Å². The van der Waals surface area contributed by atoms with Gasteiger partial charge < -0.3 is 14.5 Å². The van der Waals surface area contributed by atoms with Crippen LogP contribution in [0.2, 0.25) is 0 Å². The summed E-state index contributed by atoms with van der Waals surface area (Å²) < 4.78 is 46.0. The van der Waals surface area contributed by atoms with Gasteiger partial charge >= 0.3 is 6.18 Å². The number of ether oxygens (including phenoxy) is 1. The van der Waals surface area contributed by atoms with Crippen molar-refractivity contribution >= 4 is 17.4 Å². The molecule has 1 aliphatic carbocycles. The molecule has 3 aliphatic rings. The Morgan fingerprint density at radius 2 is 1.85 bits per heavy atom. The van der Waals surface area contributed by atoms with Crippen LogP contribution in [-0.2, 0) is 11.0 Å². The monoisotopic (exact) mass is 471 g/mol. The van der Waals surface area contributed by atoms with Gasteiger partial charge in [0.15, 0.2) is 5.75 Å². The summed E-state index contributed by atoms with van der Waals surface area (Å²) in [5.41, 5.74) is 0.109. The maximum atomic E-state index is 13.4. The molecule has 2 aromatic carbocycles. The molecule has 1 saturated carbocycles. The first kappa shape index (κ1) is 22.7. The summed E-state index contributed by atoms with van der Waals surface area (Å²) in [6.45, 7) is 3.69. The number of amidine groups is 1. The molecule has 180 valence electrons. The van der Waals surface area contributed by atoms with E-state index in [4.69, 9.17) is 4.74 Å². The van der Waals surface area contributed by atoms with Crippen molar-refractivity contribution in [2.75, 3.05) is 19.6 Å². The van der Waals surface area contributed by atoms with Crippen LogP contribution in [0, 0.1) is 5.92 Å². The summed E-state index contributed by atoms with van der Waals surface area (Å²) in [7, 11) is 0. The largest absolute Gasteiger partial charge is 0.454 e. The Kier molecular flexibility index (Phi) is 6.00. The van der Waals surface area contributed by atoms with Gasteiger partial charge in [-0.15, -0.1) is 0 Å². The predicted molar refractivity (Wildman–Crippen MR) is 123 cm³/mol. The van der Waals surface area contributed by atoms with Crippen LogP contribution in [0.3, 0.4) is 0 Å². The number of piperazine rings is 1.